The largest absolute Gasteiger partial charge is 0.358 e. The van der Waals surface area contributed by atoms with Gasteiger partial charge in [0.25, 0.3) is 0 Å². The number of allylic oxidation sites excluding steroid dienone is 3. The number of anilines is 1. The van der Waals surface area contributed by atoms with Gasteiger partial charge >= 0.3 is 5.97 Å². The number of halogens is 1. The van der Waals surface area contributed by atoms with E-state index in [2.05, 4.69) is 5.16 Å². The Morgan fingerprint density at radius 3 is 2.52 bits per heavy atom. The quantitative estimate of drug-likeness (QED) is 0.183. The summed E-state index contributed by atoms with van der Waals surface area (Å²) in [6.45, 7) is 5.80. The molecule has 0 amide bonds. The highest BCUT2D eigenvalue weighted by atomic mass is 32.2. The summed E-state index contributed by atoms with van der Waals surface area (Å²) >= 11 is 1.54. The van der Waals surface area contributed by atoms with Gasteiger partial charge in [0.1, 0.15) is 11.2 Å². The zero-order valence-electron chi connectivity index (χ0n) is 17.6. The number of carbonyl (C=O) groups is 1. The van der Waals surface area contributed by atoms with Gasteiger partial charge in [-0.15, -0.1) is 0 Å². The molecule has 1 aliphatic rings. The smallest absolute Gasteiger partial charge is 0.314 e. The number of hydrogen-bond donors (Lipinski definition) is 0. The summed E-state index contributed by atoms with van der Waals surface area (Å²) in [5.41, 5.74) is 2.93. The van der Waals surface area contributed by atoms with Crippen LogP contribution in [-0.2, 0) is 9.63 Å². The molecule has 0 spiro atoms. The normalized spacial score (nSPS) is 19.0. The third kappa shape index (κ3) is 6.15. The van der Waals surface area contributed by atoms with Crippen molar-refractivity contribution in [2.24, 2.45) is 16.2 Å². The van der Waals surface area contributed by atoms with E-state index in [1.807, 2.05) is 56.1 Å². The van der Waals surface area contributed by atoms with Crippen LogP contribution in [0.25, 0.3) is 0 Å². The van der Waals surface area contributed by atoms with Gasteiger partial charge < -0.3 is 4.84 Å². The van der Waals surface area contributed by atoms with Gasteiger partial charge in [0, 0.05) is 16.7 Å². The number of carbonyl (C=O) groups excluding carboxylic acids is 1. The summed E-state index contributed by atoms with van der Waals surface area (Å²) in [4.78, 5) is 17.6. The number of rotatable bonds is 7. The molecule has 0 N–H and O–H groups in total. The van der Waals surface area contributed by atoms with Crippen molar-refractivity contribution < 1.29 is 14.0 Å². The van der Waals surface area contributed by atoms with E-state index in [1.165, 1.54) is 18.2 Å². The third-order valence-electron chi connectivity index (χ3n) is 4.57. The van der Waals surface area contributed by atoms with Crippen LogP contribution in [0.5, 0.6) is 0 Å². The molecule has 160 valence electrons. The average molecular weight is 438 g/mol. The van der Waals surface area contributed by atoms with Crippen LogP contribution < -0.4 is 5.01 Å². The van der Waals surface area contributed by atoms with Crippen LogP contribution in [0.15, 0.2) is 88.0 Å². The Labute approximate surface area is 186 Å². The fourth-order valence-electron chi connectivity index (χ4n) is 2.94. The molecule has 5 nitrogen and oxygen atoms in total. The predicted molar refractivity (Wildman–Crippen MR) is 125 cm³/mol. The number of thioether (sulfide) groups is 1. The molecule has 1 heterocycles. The lowest BCUT2D eigenvalue weighted by Gasteiger charge is -2.26. The maximum absolute atomic E-state index is 13.4. The van der Waals surface area contributed by atoms with Gasteiger partial charge in [-0.3, -0.25) is 5.01 Å². The molecule has 3 rings (SSSR count). The maximum atomic E-state index is 13.4. The number of nitrogens with zero attached hydrogens (tertiary/aromatic N) is 3. The molecular weight excluding hydrogens is 413 g/mol. The van der Waals surface area contributed by atoms with Crippen LogP contribution in [-0.4, -0.2) is 23.3 Å². The Morgan fingerprint density at radius 1 is 1.13 bits per heavy atom. The molecular formula is C24H24FN3O2S. The van der Waals surface area contributed by atoms with Gasteiger partial charge in [-0.25, -0.2) is 9.18 Å². The van der Waals surface area contributed by atoms with Gasteiger partial charge in [0.15, 0.2) is 0 Å². The highest BCUT2D eigenvalue weighted by Gasteiger charge is 2.36. The molecule has 0 bridgehead atoms. The van der Waals surface area contributed by atoms with E-state index in [0.29, 0.717) is 0 Å². The van der Waals surface area contributed by atoms with Gasteiger partial charge in [0.2, 0.25) is 0 Å². The molecule has 7 heteroatoms. The Bertz CT molecular complexity index is 1010. The lowest BCUT2D eigenvalue weighted by atomic mass is 10.1. The molecule has 31 heavy (non-hydrogen) atoms. The van der Waals surface area contributed by atoms with Crippen LogP contribution in [0.3, 0.4) is 0 Å². The maximum Gasteiger partial charge on any atom is 0.358 e. The monoisotopic (exact) mass is 437 g/mol. The van der Waals surface area contributed by atoms with Crippen LogP contribution in [0.4, 0.5) is 10.1 Å². The van der Waals surface area contributed by atoms with E-state index >= 15 is 0 Å². The van der Waals surface area contributed by atoms with Gasteiger partial charge in [0.05, 0.1) is 17.8 Å². The molecule has 2 aromatic carbocycles. The number of oxime groups is 1. The zero-order chi connectivity index (χ0) is 22.2. The Balaban J connectivity index is 1.82. The van der Waals surface area contributed by atoms with Crippen molar-refractivity contribution in [3.05, 3.63) is 84.2 Å². The molecule has 0 aromatic heterocycles. The topological polar surface area (TPSA) is 54.3 Å². The molecule has 0 fully saturated rings. The van der Waals surface area contributed by atoms with Crippen molar-refractivity contribution in [3.63, 3.8) is 0 Å². The predicted octanol–water partition coefficient (Wildman–Crippen LogP) is 5.73. The van der Waals surface area contributed by atoms with Crippen LogP contribution >= 0.6 is 11.8 Å². The lowest BCUT2D eigenvalue weighted by molar-refractivity contribution is -0.137. The number of hydrogen-bond acceptors (Lipinski definition) is 6. The summed E-state index contributed by atoms with van der Waals surface area (Å²) in [5, 5.41) is 10.4. The summed E-state index contributed by atoms with van der Waals surface area (Å²) in [7, 11) is 0. The second-order valence-corrected chi connectivity index (χ2v) is 8.15. The van der Waals surface area contributed by atoms with Crippen LogP contribution in [0.1, 0.15) is 19.4 Å². The first-order chi connectivity index (χ1) is 15.0. The Kier molecular flexibility index (Phi) is 7.78. The van der Waals surface area contributed by atoms with E-state index in [1.54, 1.807) is 42.3 Å². The van der Waals surface area contributed by atoms with Crippen molar-refractivity contribution in [1.29, 1.82) is 0 Å². The van der Waals surface area contributed by atoms with E-state index in [0.717, 1.165) is 21.9 Å². The van der Waals surface area contributed by atoms with E-state index in [-0.39, 0.29) is 17.1 Å². The first-order valence-corrected chi connectivity index (χ1v) is 10.7. The number of hydrazone groups is 1. The minimum absolute atomic E-state index is 0.172. The highest BCUT2D eigenvalue weighted by Crippen LogP contribution is 2.38. The molecule has 0 saturated carbocycles. The number of benzene rings is 2. The van der Waals surface area contributed by atoms with E-state index < -0.39 is 5.97 Å². The van der Waals surface area contributed by atoms with Crippen molar-refractivity contribution >= 4 is 35.3 Å². The SMILES string of the molecule is C/C=C/C=C/C(=O)O/N=C/C1C(C)=NN(c2ccc(C)cc2)C1Sc1ccc(F)cc1. The Morgan fingerprint density at radius 2 is 1.84 bits per heavy atom. The molecule has 2 unspecified atom stereocenters. The van der Waals surface area contributed by atoms with Crippen molar-refractivity contribution in [3.8, 4) is 0 Å². The van der Waals surface area contributed by atoms with E-state index in [4.69, 9.17) is 9.94 Å². The molecule has 2 aromatic rings. The average Bonchev–Trinajstić information content (AvgIpc) is 3.06. The fraction of sp³-hybridized carbons (Fsp3) is 0.208. The molecule has 0 saturated heterocycles. The summed E-state index contributed by atoms with van der Waals surface area (Å²) in [6, 6.07) is 14.4. The molecule has 0 aliphatic carbocycles. The van der Waals surface area contributed by atoms with Gasteiger partial charge in [-0.1, -0.05) is 52.8 Å². The van der Waals surface area contributed by atoms with E-state index in [9.17, 15) is 9.18 Å². The number of aryl methyl sites for hydroxylation is 1. The minimum atomic E-state index is -0.555. The second kappa shape index (κ2) is 10.7. The molecule has 1 aliphatic heterocycles. The first-order valence-electron chi connectivity index (χ1n) is 9.85. The van der Waals surface area contributed by atoms with Crippen LogP contribution in [0.2, 0.25) is 0 Å². The first kappa shape index (κ1) is 22.5. The second-order valence-electron chi connectivity index (χ2n) is 6.96. The zero-order valence-corrected chi connectivity index (χ0v) is 18.4. The van der Waals surface area contributed by atoms with Crippen molar-refractivity contribution in [1.82, 2.24) is 0 Å². The minimum Gasteiger partial charge on any atom is -0.314 e. The Hall–Kier alpha value is -3.19. The van der Waals surface area contributed by atoms with Crippen molar-refractivity contribution in [2.75, 3.05) is 5.01 Å². The summed E-state index contributed by atoms with van der Waals surface area (Å²) in [5.74, 6) is -1.04. The van der Waals surface area contributed by atoms with Crippen molar-refractivity contribution in [2.45, 2.75) is 31.0 Å². The molecule has 2 atom stereocenters. The van der Waals surface area contributed by atoms with Gasteiger partial charge in [-0.2, -0.15) is 5.10 Å². The third-order valence-corrected chi connectivity index (χ3v) is 5.84. The summed E-state index contributed by atoms with van der Waals surface area (Å²) in [6.07, 6.45) is 8.02. The standard InChI is InChI=1S/C24H24FN3O2S/c1-4-5-6-7-23(29)30-26-16-22-18(3)27-28(20-12-8-17(2)9-13-20)24(22)31-21-14-10-19(25)11-15-21/h4-16,22,24H,1-3H3/b5-4+,7-6+,26-16+. The highest BCUT2D eigenvalue weighted by molar-refractivity contribution is 8.00. The van der Waals surface area contributed by atoms with Gasteiger partial charge in [-0.05, 0) is 57.2 Å². The van der Waals surface area contributed by atoms with Crippen LogP contribution in [0, 0.1) is 18.7 Å². The summed E-state index contributed by atoms with van der Waals surface area (Å²) < 4.78 is 13.4. The molecule has 0 radical (unpaired) electrons. The lowest BCUT2D eigenvalue weighted by Crippen LogP contribution is -2.31. The fourth-order valence-corrected chi connectivity index (χ4v) is 4.19.